The summed E-state index contributed by atoms with van der Waals surface area (Å²) >= 11 is 0. The molecule has 0 saturated carbocycles. The number of hydrogen-bond acceptors (Lipinski definition) is 2. The number of benzene rings is 1. The number of hydrogen-bond donors (Lipinski definition) is 2. The molecule has 1 unspecified atom stereocenters. The molecule has 0 aliphatic carbocycles. The molecule has 88 valence electrons. The second-order valence-electron chi connectivity index (χ2n) is 4.49. The fraction of sp³-hybridized carbons (Fsp3) is 0.538. The first-order valence-electron chi connectivity index (χ1n) is 5.96. The van der Waals surface area contributed by atoms with E-state index in [1.165, 1.54) is 31.4 Å². The first-order chi connectivity index (χ1) is 7.75. The Morgan fingerprint density at radius 3 is 3.00 bits per heavy atom. The Bertz CT molecular complexity index is 346. The van der Waals surface area contributed by atoms with E-state index in [9.17, 15) is 4.39 Å². The van der Waals surface area contributed by atoms with E-state index >= 15 is 0 Å². The van der Waals surface area contributed by atoms with Crippen LogP contribution in [0.25, 0.3) is 0 Å². The van der Waals surface area contributed by atoms with Crippen LogP contribution < -0.4 is 5.32 Å². The van der Waals surface area contributed by atoms with Crippen LogP contribution in [0.1, 0.15) is 31.2 Å². The van der Waals surface area contributed by atoms with Crippen LogP contribution in [-0.4, -0.2) is 17.7 Å². The molecule has 0 amide bonds. The van der Waals surface area contributed by atoms with Crippen LogP contribution in [0.5, 0.6) is 5.75 Å². The summed E-state index contributed by atoms with van der Waals surface area (Å²) in [4.78, 5) is 0. The van der Waals surface area contributed by atoms with E-state index in [0.717, 1.165) is 24.9 Å². The average molecular weight is 223 g/mol. The van der Waals surface area contributed by atoms with Gasteiger partial charge in [0, 0.05) is 6.04 Å². The number of phenolic OH excluding ortho intramolecular Hbond substituents is 1. The number of aromatic hydroxyl groups is 1. The lowest BCUT2D eigenvalue weighted by molar-refractivity contribution is 0.430. The highest BCUT2D eigenvalue weighted by atomic mass is 19.1. The molecular weight excluding hydrogens is 205 g/mol. The second kappa shape index (κ2) is 5.30. The largest absolute Gasteiger partial charge is 0.505 e. The van der Waals surface area contributed by atoms with Crippen molar-refractivity contribution in [2.75, 3.05) is 6.54 Å². The fourth-order valence-electron chi connectivity index (χ4n) is 2.24. The maximum atomic E-state index is 13.1. The van der Waals surface area contributed by atoms with Crippen molar-refractivity contribution >= 4 is 0 Å². The van der Waals surface area contributed by atoms with Crippen molar-refractivity contribution in [2.24, 2.45) is 0 Å². The molecule has 1 heterocycles. The van der Waals surface area contributed by atoms with Crippen LogP contribution in [0.3, 0.4) is 0 Å². The van der Waals surface area contributed by atoms with Gasteiger partial charge in [-0.2, -0.15) is 0 Å². The van der Waals surface area contributed by atoms with E-state index in [-0.39, 0.29) is 5.75 Å². The molecule has 1 atom stereocenters. The summed E-state index contributed by atoms with van der Waals surface area (Å²) in [6.45, 7) is 1.06. The van der Waals surface area contributed by atoms with Crippen molar-refractivity contribution in [3.8, 4) is 5.75 Å². The third-order valence-electron chi connectivity index (χ3n) is 3.16. The number of rotatable bonds is 2. The molecule has 2 nitrogen and oxygen atoms in total. The maximum Gasteiger partial charge on any atom is 0.165 e. The smallest absolute Gasteiger partial charge is 0.165 e. The zero-order valence-corrected chi connectivity index (χ0v) is 9.38. The van der Waals surface area contributed by atoms with Gasteiger partial charge in [-0.25, -0.2) is 4.39 Å². The molecule has 1 aliphatic heterocycles. The van der Waals surface area contributed by atoms with Gasteiger partial charge in [0.2, 0.25) is 0 Å². The molecule has 0 aromatic heterocycles. The zero-order valence-electron chi connectivity index (χ0n) is 9.38. The molecular formula is C13H18FNO. The van der Waals surface area contributed by atoms with Gasteiger partial charge in [-0.1, -0.05) is 18.9 Å². The summed E-state index contributed by atoms with van der Waals surface area (Å²) in [5.74, 6) is -0.788. The van der Waals surface area contributed by atoms with Crippen LogP contribution >= 0.6 is 0 Å². The Morgan fingerprint density at radius 1 is 1.31 bits per heavy atom. The highest BCUT2D eigenvalue weighted by molar-refractivity contribution is 5.28. The van der Waals surface area contributed by atoms with Crippen molar-refractivity contribution in [3.63, 3.8) is 0 Å². The van der Waals surface area contributed by atoms with Crippen molar-refractivity contribution < 1.29 is 9.50 Å². The fourth-order valence-corrected chi connectivity index (χ4v) is 2.24. The third-order valence-corrected chi connectivity index (χ3v) is 3.16. The second-order valence-corrected chi connectivity index (χ2v) is 4.49. The monoisotopic (exact) mass is 223 g/mol. The summed E-state index contributed by atoms with van der Waals surface area (Å²) in [6.07, 6.45) is 5.77. The Morgan fingerprint density at radius 2 is 2.19 bits per heavy atom. The van der Waals surface area contributed by atoms with Gasteiger partial charge in [0.05, 0.1) is 0 Å². The molecule has 2 rings (SSSR count). The number of phenols is 1. The predicted molar refractivity (Wildman–Crippen MR) is 62.0 cm³/mol. The Hall–Kier alpha value is -1.09. The minimum absolute atomic E-state index is 0.266. The van der Waals surface area contributed by atoms with Gasteiger partial charge in [0.1, 0.15) is 0 Å². The summed E-state index contributed by atoms with van der Waals surface area (Å²) < 4.78 is 13.1. The standard InChI is InChI=1S/C13H18FNO/c14-12-9-10(5-6-13(12)16)8-11-4-2-1-3-7-15-11/h5-6,9,11,15-16H,1-4,7-8H2. The van der Waals surface area contributed by atoms with Gasteiger partial charge in [-0.05, 0) is 43.5 Å². The molecule has 3 heteroatoms. The molecule has 0 bridgehead atoms. The summed E-state index contributed by atoms with van der Waals surface area (Å²) in [5.41, 5.74) is 0.953. The molecule has 1 aliphatic rings. The highest BCUT2D eigenvalue weighted by Gasteiger charge is 2.12. The van der Waals surface area contributed by atoms with Gasteiger partial charge in [0.25, 0.3) is 0 Å². The minimum Gasteiger partial charge on any atom is -0.505 e. The van der Waals surface area contributed by atoms with Gasteiger partial charge in [-0.15, -0.1) is 0 Å². The Balaban J connectivity index is 1.99. The lowest BCUT2D eigenvalue weighted by atomic mass is 10.0. The van der Waals surface area contributed by atoms with Gasteiger partial charge < -0.3 is 10.4 Å². The minimum atomic E-state index is -0.522. The lowest BCUT2D eigenvalue weighted by Gasteiger charge is -2.15. The molecule has 2 N–H and O–H groups in total. The van der Waals surface area contributed by atoms with Crippen molar-refractivity contribution in [3.05, 3.63) is 29.6 Å². The molecule has 1 fully saturated rings. The van der Waals surface area contributed by atoms with Crippen LogP contribution in [0.2, 0.25) is 0 Å². The zero-order chi connectivity index (χ0) is 11.4. The third kappa shape index (κ3) is 2.95. The van der Waals surface area contributed by atoms with Gasteiger partial charge in [-0.3, -0.25) is 0 Å². The van der Waals surface area contributed by atoms with Gasteiger partial charge >= 0.3 is 0 Å². The van der Waals surface area contributed by atoms with Crippen molar-refractivity contribution in [1.82, 2.24) is 5.32 Å². The van der Waals surface area contributed by atoms with Crippen LogP contribution in [0.15, 0.2) is 18.2 Å². The average Bonchev–Trinajstić information content (AvgIpc) is 2.52. The topological polar surface area (TPSA) is 32.3 Å². The number of nitrogens with one attached hydrogen (secondary N) is 1. The predicted octanol–water partition coefficient (Wildman–Crippen LogP) is 2.61. The molecule has 1 saturated heterocycles. The first-order valence-corrected chi connectivity index (χ1v) is 5.96. The molecule has 0 radical (unpaired) electrons. The first kappa shape index (κ1) is 11.4. The Kier molecular flexibility index (Phi) is 3.78. The van der Waals surface area contributed by atoms with E-state index in [1.807, 2.05) is 0 Å². The molecule has 16 heavy (non-hydrogen) atoms. The van der Waals surface area contributed by atoms with Crippen molar-refractivity contribution in [1.29, 1.82) is 0 Å². The van der Waals surface area contributed by atoms with E-state index in [4.69, 9.17) is 5.11 Å². The lowest BCUT2D eigenvalue weighted by Crippen LogP contribution is -2.30. The molecule has 0 spiro atoms. The SMILES string of the molecule is Oc1ccc(CC2CCCCCN2)cc1F. The number of halogens is 1. The van der Waals surface area contributed by atoms with E-state index in [2.05, 4.69) is 5.32 Å². The van der Waals surface area contributed by atoms with E-state index in [1.54, 1.807) is 6.07 Å². The van der Waals surface area contributed by atoms with Crippen LogP contribution in [0.4, 0.5) is 4.39 Å². The van der Waals surface area contributed by atoms with Crippen LogP contribution in [0, 0.1) is 5.82 Å². The highest BCUT2D eigenvalue weighted by Crippen LogP contribution is 2.19. The quantitative estimate of drug-likeness (QED) is 0.807. The van der Waals surface area contributed by atoms with Gasteiger partial charge in [0.15, 0.2) is 11.6 Å². The summed E-state index contributed by atoms with van der Waals surface area (Å²) in [7, 11) is 0. The van der Waals surface area contributed by atoms with E-state index in [0.29, 0.717) is 6.04 Å². The van der Waals surface area contributed by atoms with Crippen LogP contribution in [-0.2, 0) is 6.42 Å². The van der Waals surface area contributed by atoms with E-state index < -0.39 is 5.82 Å². The summed E-state index contributed by atoms with van der Waals surface area (Å²) in [5, 5.41) is 12.6. The summed E-state index contributed by atoms with van der Waals surface area (Å²) in [6, 6.07) is 5.11. The maximum absolute atomic E-state index is 13.1. The molecule has 1 aromatic rings. The molecule has 1 aromatic carbocycles. The Labute approximate surface area is 95.5 Å². The normalized spacial score (nSPS) is 21.7. The van der Waals surface area contributed by atoms with Crippen molar-refractivity contribution in [2.45, 2.75) is 38.1 Å².